The van der Waals surface area contributed by atoms with E-state index in [4.69, 9.17) is 4.74 Å². The van der Waals surface area contributed by atoms with Gasteiger partial charge in [0.05, 0.1) is 6.21 Å². The van der Waals surface area contributed by atoms with Crippen molar-refractivity contribution in [3.05, 3.63) is 100 Å². The zero-order valence-electron chi connectivity index (χ0n) is 15.2. The highest BCUT2D eigenvalue weighted by atomic mass is 79.9. The second kappa shape index (κ2) is 10.1. The Hall–Kier alpha value is -3.58. The topological polar surface area (TPSA) is 80.6 Å². The molecule has 0 aliphatic carbocycles. The van der Waals surface area contributed by atoms with E-state index in [1.165, 1.54) is 24.7 Å². The fourth-order valence-electron chi connectivity index (χ4n) is 2.31. The molecule has 0 unspecified atom stereocenters. The maximum atomic E-state index is 12.1. The molecule has 1 amide bonds. The van der Waals surface area contributed by atoms with Gasteiger partial charge in [-0.2, -0.15) is 5.10 Å². The molecule has 144 valence electrons. The molecule has 0 aliphatic heterocycles. The fraction of sp³-hybridized carbons (Fsp3) is 0. The summed E-state index contributed by atoms with van der Waals surface area (Å²) in [4.78, 5) is 28.0. The Kier molecular flexibility index (Phi) is 7.02. The molecular formula is C22H16BrN3O3. The molecule has 0 fully saturated rings. The van der Waals surface area contributed by atoms with Gasteiger partial charge >= 0.3 is 5.97 Å². The van der Waals surface area contributed by atoms with E-state index in [1.54, 1.807) is 36.4 Å². The van der Waals surface area contributed by atoms with E-state index in [0.717, 1.165) is 10.0 Å². The van der Waals surface area contributed by atoms with Crippen molar-refractivity contribution in [3.8, 4) is 5.75 Å². The molecule has 3 rings (SSSR count). The van der Waals surface area contributed by atoms with Crippen LogP contribution in [0.5, 0.6) is 5.75 Å². The molecule has 29 heavy (non-hydrogen) atoms. The first-order chi connectivity index (χ1) is 14.1. The zero-order valence-corrected chi connectivity index (χ0v) is 16.7. The molecule has 0 bridgehead atoms. The number of nitrogens with zero attached hydrogens (tertiary/aromatic N) is 2. The van der Waals surface area contributed by atoms with Crippen LogP contribution in [0, 0.1) is 0 Å². The number of esters is 1. The number of rotatable bonds is 6. The van der Waals surface area contributed by atoms with Crippen molar-refractivity contribution in [1.82, 2.24) is 10.4 Å². The lowest BCUT2D eigenvalue weighted by molar-refractivity contribution is -0.128. The number of ether oxygens (including phenoxy) is 1. The number of nitrogens with one attached hydrogen (secondary N) is 1. The van der Waals surface area contributed by atoms with E-state index in [1.807, 2.05) is 30.3 Å². The predicted octanol–water partition coefficient (Wildman–Crippen LogP) is 4.23. The Bertz CT molecular complexity index is 1050. The van der Waals surface area contributed by atoms with Gasteiger partial charge in [-0.05, 0) is 42.0 Å². The Morgan fingerprint density at radius 3 is 2.55 bits per heavy atom. The molecule has 0 aliphatic rings. The second-order valence-electron chi connectivity index (χ2n) is 5.78. The number of aromatic nitrogens is 1. The van der Waals surface area contributed by atoms with E-state index in [2.05, 4.69) is 31.4 Å². The number of carbonyl (C=O) groups excluding carboxylic acids is 2. The molecule has 0 atom stereocenters. The van der Waals surface area contributed by atoms with Crippen molar-refractivity contribution >= 4 is 40.1 Å². The molecule has 0 spiro atoms. The first-order valence-corrected chi connectivity index (χ1v) is 9.39. The quantitative estimate of drug-likeness (QED) is 0.201. The third-order valence-corrected chi connectivity index (χ3v) is 4.20. The van der Waals surface area contributed by atoms with Gasteiger partial charge in [-0.25, -0.2) is 10.2 Å². The highest BCUT2D eigenvalue weighted by molar-refractivity contribution is 9.10. The van der Waals surface area contributed by atoms with E-state index >= 15 is 0 Å². The van der Waals surface area contributed by atoms with Crippen LogP contribution in [0.3, 0.4) is 0 Å². The minimum Gasteiger partial charge on any atom is -0.423 e. The molecule has 1 heterocycles. The number of hydrazone groups is 1. The van der Waals surface area contributed by atoms with Gasteiger partial charge in [0.15, 0.2) is 0 Å². The maximum Gasteiger partial charge on any atom is 0.336 e. The van der Waals surface area contributed by atoms with Crippen LogP contribution in [0.25, 0.3) is 6.08 Å². The molecule has 0 radical (unpaired) electrons. The van der Waals surface area contributed by atoms with Crippen LogP contribution in [0.4, 0.5) is 0 Å². The molecule has 1 aromatic heterocycles. The summed E-state index contributed by atoms with van der Waals surface area (Å²) in [5.74, 6) is -0.576. The molecule has 7 heteroatoms. The van der Waals surface area contributed by atoms with Gasteiger partial charge in [-0.15, -0.1) is 0 Å². The van der Waals surface area contributed by atoms with E-state index in [-0.39, 0.29) is 5.91 Å². The lowest BCUT2D eigenvalue weighted by Crippen LogP contribution is -2.17. The molecule has 1 N–H and O–H groups in total. The zero-order chi connectivity index (χ0) is 20.5. The number of hydrogen-bond acceptors (Lipinski definition) is 5. The third kappa shape index (κ3) is 6.22. The molecule has 6 nitrogen and oxygen atoms in total. The first kappa shape index (κ1) is 20.2. The van der Waals surface area contributed by atoms with Gasteiger partial charge in [0.1, 0.15) is 5.75 Å². The number of hydrogen-bond donors (Lipinski definition) is 1. The van der Waals surface area contributed by atoms with Gasteiger partial charge in [0.25, 0.3) is 5.91 Å². The van der Waals surface area contributed by atoms with Gasteiger partial charge in [-0.1, -0.05) is 46.3 Å². The van der Waals surface area contributed by atoms with Crippen LogP contribution in [0.2, 0.25) is 0 Å². The summed E-state index contributed by atoms with van der Waals surface area (Å²) in [6, 6.07) is 17.7. The van der Waals surface area contributed by atoms with Crippen molar-refractivity contribution in [1.29, 1.82) is 0 Å². The minimum atomic E-state index is -0.522. The Morgan fingerprint density at radius 2 is 1.79 bits per heavy atom. The first-order valence-electron chi connectivity index (χ1n) is 8.60. The number of benzene rings is 2. The summed E-state index contributed by atoms with van der Waals surface area (Å²) in [5, 5.41) is 3.95. The summed E-state index contributed by atoms with van der Waals surface area (Å²) >= 11 is 3.37. The Morgan fingerprint density at radius 1 is 1.03 bits per heavy atom. The van der Waals surface area contributed by atoms with Crippen LogP contribution in [-0.2, 0) is 4.79 Å². The van der Waals surface area contributed by atoms with Crippen LogP contribution < -0.4 is 10.2 Å². The van der Waals surface area contributed by atoms with Crippen molar-refractivity contribution in [2.75, 3.05) is 0 Å². The standard InChI is InChI=1S/C22H16BrN3O3/c23-19-7-8-20(29-21(27)9-6-16-4-2-1-3-5-16)18(14-19)15-25-26-22(28)17-10-12-24-13-11-17/h1-15H,(H,26,28)/b9-6+,25-15+. The summed E-state index contributed by atoms with van der Waals surface area (Å²) in [7, 11) is 0. The highest BCUT2D eigenvalue weighted by Gasteiger charge is 2.08. The average molecular weight is 450 g/mol. The van der Waals surface area contributed by atoms with E-state index in [9.17, 15) is 9.59 Å². The molecular weight excluding hydrogens is 434 g/mol. The summed E-state index contributed by atoms with van der Waals surface area (Å²) in [5.41, 5.74) is 4.28. The number of carbonyl (C=O) groups is 2. The van der Waals surface area contributed by atoms with E-state index in [0.29, 0.717) is 16.9 Å². The van der Waals surface area contributed by atoms with Gasteiger partial charge in [0, 0.05) is 34.1 Å². The SMILES string of the molecule is O=C(/C=C/c1ccccc1)Oc1ccc(Br)cc1/C=N/NC(=O)c1ccncc1. The monoisotopic (exact) mass is 449 g/mol. The van der Waals surface area contributed by atoms with Crippen LogP contribution in [0.1, 0.15) is 21.5 Å². The lowest BCUT2D eigenvalue weighted by atomic mass is 10.2. The Labute approximate surface area is 176 Å². The Balaban J connectivity index is 1.68. The minimum absolute atomic E-state index is 0.317. The second-order valence-corrected chi connectivity index (χ2v) is 6.70. The lowest BCUT2D eigenvalue weighted by Gasteiger charge is -2.06. The molecule has 0 saturated heterocycles. The van der Waals surface area contributed by atoms with E-state index < -0.39 is 5.97 Å². The summed E-state index contributed by atoms with van der Waals surface area (Å²) in [6.07, 6.45) is 7.47. The third-order valence-electron chi connectivity index (χ3n) is 3.71. The smallest absolute Gasteiger partial charge is 0.336 e. The van der Waals surface area contributed by atoms with Crippen LogP contribution in [-0.4, -0.2) is 23.1 Å². The maximum absolute atomic E-state index is 12.1. The van der Waals surface area contributed by atoms with Crippen molar-refractivity contribution in [2.45, 2.75) is 0 Å². The van der Waals surface area contributed by atoms with Crippen molar-refractivity contribution in [2.24, 2.45) is 5.10 Å². The van der Waals surface area contributed by atoms with Crippen molar-refractivity contribution < 1.29 is 14.3 Å². The number of halogens is 1. The molecule has 3 aromatic rings. The number of pyridine rings is 1. The fourth-order valence-corrected chi connectivity index (χ4v) is 2.69. The van der Waals surface area contributed by atoms with Gasteiger partial charge < -0.3 is 4.74 Å². The largest absolute Gasteiger partial charge is 0.423 e. The highest BCUT2D eigenvalue weighted by Crippen LogP contribution is 2.22. The van der Waals surface area contributed by atoms with Crippen molar-refractivity contribution in [3.63, 3.8) is 0 Å². The van der Waals surface area contributed by atoms with Gasteiger partial charge in [0.2, 0.25) is 0 Å². The molecule has 0 saturated carbocycles. The van der Waals surface area contributed by atoms with Crippen LogP contribution in [0.15, 0.2) is 88.7 Å². The molecule has 2 aromatic carbocycles. The predicted molar refractivity (Wildman–Crippen MR) is 115 cm³/mol. The number of amides is 1. The van der Waals surface area contributed by atoms with Crippen LogP contribution >= 0.6 is 15.9 Å². The average Bonchev–Trinajstić information content (AvgIpc) is 2.75. The summed E-state index contributed by atoms with van der Waals surface area (Å²) < 4.78 is 6.18. The van der Waals surface area contributed by atoms with Gasteiger partial charge in [-0.3, -0.25) is 9.78 Å². The normalized spacial score (nSPS) is 10.9. The summed E-state index contributed by atoms with van der Waals surface area (Å²) in [6.45, 7) is 0.